The Kier molecular flexibility index (Phi) is 6.73. The van der Waals surface area contributed by atoms with Gasteiger partial charge in [0.05, 0.1) is 0 Å². The molecule has 3 heteroatoms. The lowest BCUT2D eigenvalue weighted by Gasteiger charge is -2.31. The summed E-state index contributed by atoms with van der Waals surface area (Å²) in [4.78, 5) is 7.06. The molecule has 0 bridgehead atoms. The summed E-state index contributed by atoms with van der Waals surface area (Å²) in [6.45, 7) is 8.74. The average molecular weight is 249 g/mol. The Morgan fingerprint density at radius 1 is 1.39 bits per heavy atom. The van der Waals surface area contributed by atoms with Crippen LogP contribution in [0.1, 0.15) is 45.6 Å². The van der Waals surface area contributed by atoms with E-state index in [1.165, 1.54) is 18.4 Å². The molecule has 0 radical (unpaired) electrons. The first kappa shape index (κ1) is 15.0. The van der Waals surface area contributed by atoms with Crippen molar-refractivity contribution in [2.24, 2.45) is 0 Å². The highest BCUT2D eigenvalue weighted by molar-refractivity contribution is 5.47. The molecule has 1 N–H and O–H groups in total. The number of rotatable bonds is 8. The summed E-state index contributed by atoms with van der Waals surface area (Å²) >= 11 is 0. The summed E-state index contributed by atoms with van der Waals surface area (Å²) < 4.78 is 0. The average Bonchev–Trinajstić information content (AvgIpc) is 2.40. The highest BCUT2D eigenvalue weighted by Crippen LogP contribution is 2.21. The van der Waals surface area contributed by atoms with Gasteiger partial charge in [0.1, 0.15) is 5.82 Å². The predicted molar refractivity (Wildman–Crippen MR) is 79.0 cm³/mol. The molecule has 0 spiro atoms. The number of unbranched alkanes of at least 4 members (excludes halogenated alkanes) is 1. The number of anilines is 1. The third-order valence-electron chi connectivity index (χ3n) is 3.38. The van der Waals surface area contributed by atoms with Crippen LogP contribution in [0.5, 0.6) is 0 Å². The van der Waals surface area contributed by atoms with Gasteiger partial charge in [-0.2, -0.15) is 0 Å². The van der Waals surface area contributed by atoms with Crippen LogP contribution in [-0.4, -0.2) is 24.6 Å². The minimum Gasteiger partial charge on any atom is -0.354 e. The van der Waals surface area contributed by atoms with Crippen molar-refractivity contribution in [1.29, 1.82) is 0 Å². The summed E-state index contributed by atoms with van der Waals surface area (Å²) in [5.41, 5.74) is 1.29. The number of nitrogens with zero attached hydrogens (tertiary/aromatic N) is 2. The Hall–Kier alpha value is -1.09. The first-order chi connectivity index (χ1) is 8.74. The van der Waals surface area contributed by atoms with Crippen LogP contribution in [0.3, 0.4) is 0 Å². The first-order valence-electron chi connectivity index (χ1n) is 7.09. The molecule has 0 saturated heterocycles. The zero-order valence-electron chi connectivity index (χ0n) is 12.2. The fourth-order valence-electron chi connectivity index (χ4n) is 2.10. The van der Waals surface area contributed by atoms with Gasteiger partial charge in [0.2, 0.25) is 0 Å². The molecule has 0 aromatic carbocycles. The molecule has 1 rings (SSSR count). The van der Waals surface area contributed by atoms with E-state index in [1.807, 2.05) is 19.3 Å². The van der Waals surface area contributed by atoms with Gasteiger partial charge in [-0.3, -0.25) is 0 Å². The molecular formula is C15H27N3. The molecule has 3 nitrogen and oxygen atoms in total. The van der Waals surface area contributed by atoms with Gasteiger partial charge in [0.25, 0.3) is 0 Å². The van der Waals surface area contributed by atoms with E-state index in [2.05, 4.69) is 42.0 Å². The fourth-order valence-corrected chi connectivity index (χ4v) is 2.10. The third-order valence-corrected chi connectivity index (χ3v) is 3.38. The quantitative estimate of drug-likeness (QED) is 0.767. The minimum absolute atomic E-state index is 0.544. The van der Waals surface area contributed by atoms with Crippen LogP contribution in [-0.2, 0) is 6.54 Å². The van der Waals surface area contributed by atoms with E-state index in [-0.39, 0.29) is 0 Å². The molecule has 0 aliphatic heterocycles. The molecule has 0 aliphatic rings. The lowest BCUT2D eigenvalue weighted by molar-refractivity contribution is 0.585. The van der Waals surface area contributed by atoms with Gasteiger partial charge in [-0.15, -0.1) is 0 Å². The summed E-state index contributed by atoms with van der Waals surface area (Å²) in [7, 11) is 1.98. The lowest BCUT2D eigenvalue weighted by Crippen LogP contribution is -2.35. The molecule has 1 unspecified atom stereocenters. The van der Waals surface area contributed by atoms with Gasteiger partial charge in [0.15, 0.2) is 0 Å². The molecule has 0 fully saturated rings. The third kappa shape index (κ3) is 3.98. The Balaban J connectivity index is 2.95. The van der Waals surface area contributed by atoms with E-state index in [4.69, 9.17) is 0 Å². The van der Waals surface area contributed by atoms with Crippen LogP contribution in [0.15, 0.2) is 18.3 Å². The maximum atomic E-state index is 4.61. The summed E-state index contributed by atoms with van der Waals surface area (Å²) in [6.07, 6.45) is 5.50. The van der Waals surface area contributed by atoms with Crippen LogP contribution < -0.4 is 10.2 Å². The highest BCUT2D eigenvalue weighted by atomic mass is 15.2. The number of nitrogens with one attached hydrogen (secondary N) is 1. The van der Waals surface area contributed by atoms with E-state index in [0.717, 1.165) is 25.3 Å². The summed E-state index contributed by atoms with van der Waals surface area (Å²) in [6, 6.07) is 4.73. The number of pyridine rings is 1. The van der Waals surface area contributed by atoms with Crippen molar-refractivity contribution in [3.05, 3.63) is 23.9 Å². The van der Waals surface area contributed by atoms with Crippen molar-refractivity contribution in [2.75, 3.05) is 18.5 Å². The van der Waals surface area contributed by atoms with E-state index in [9.17, 15) is 0 Å². The van der Waals surface area contributed by atoms with Crippen LogP contribution in [0.25, 0.3) is 0 Å². The van der Waals surface area contributed by atoms with Gasteiger partial charge in [0, 0.05) is 30.9 Å². The molecule has 1 heterocycles. The molecule has 1 aromatic rings. The molecule has 0 amide bonds. The topological polar surface area (TPSA) is 28.2 Å². The zero-order chi connectivity index (χ0) is 13.4. The van der Waals surface area contributed by atoms with Crippen LogP contribution >= 0.6 is 0 Å². The summed E-state index contributed by atoms with van der Waals surface area (Å²) in [5, 5.41) is 3.23. The van der Waals surface area contributed by atoms with Gasteiger partial charge in [-0.05, 0) is 32.9 Å². The molecule has 102 valence electrons. The van der Waals surface area contributed by atoms with Gasteiger partial charge < -0.3 is 10.2 Å². The van der Waals surface area contributed by atoms with Gasteiger partial charge in [-0.1, -0.05) is 26.3 Å². The standard InChI is InChI=1S/C15H27N3/c1-5-7-11-18(13(3)6-2)15-14(12-16-4)9-8-10-17-15/h8-10,13,16H,5-7,11-12H2,1-4H3. The molecule has 0 saturated carbocycles. The SMILES string of the molecule is CCCCN(c1ncccc1CNC)C(C)CC. The lowest BCUT2D eigenvalue weighted by atomic mass is 10.1. The molecule has 1 atom stereocenters. The van der Waals surface area contributed by atoms with Crippen molar-refractivity contribution >= 4 is 5.82 Å². The molecule has 18 heavy (non-hydrogen) atoms. The number of aromatic nitrogens is 1. The van der Waals surface area contributed by atoms with Crippen molar-refractivity contribution in [3.8, 4) is 0 Å². The number of hydrogen-bond acceptors (Lipinski definition) is 3. The molecule has 1 aromatic heterocycles. The second-order valence-corrected chi connectivity index (χ2v) is 4.82. The van der Waals surface area contributed by atoms with E-state index < -0.39 is 0 Å². The van der Waals surface area contributed by atoms with Crippen LogP contribution in [0.4, 0.5) is 5.82 Å². The Morgan fingerprint density at radius 2 is 2.17 bits per heavy atom. The maximum absolute atomic E-state index is 4.61. The smallest absolute Gasteiger partial charge is 0.133 e. The largest absolute Gasteiger partial charge is 0.354 e. The van der Waals surface area contributed by atoms with Crippen molar-refractivity contribution in [2.45, 2.75) is 52.6 Å². The van der Waals surface area contributed by atoms with Crippen molar-refractivity contribution in [1.82, 2.24) is 10.3 Å². The van der Waals surface area contributed by atoms with Crippen LogP contribution in [0.2, 0.25) is 0 Å². The van der Waals surface area contributed by atoms with Crippen LogP contribution in [0, 0.1) is 0 Å². The van der Waals surface area contributed by atoms with E-state index in [0.29, 0.717) is 6.04 Å². The highest BCUT2D eigenvalue weighted by Gasteiger charge is 2.16. The minimum atomic E-state index is 0.544. The second kappa shape index (κ2) is 8.09. The maximum Gasteiger partial charge on any atom is 0.133 e. The molecule has 0 aliphatic carbocycles. The van der Waals surface area contributed by atoms with Crippen molar-refractivity contribution < 1.29 is 0 Å². The van der Waals surface area contributed by atoms with E-state index in [1.54, 1.807) is 0 Å². The Morgan fingerprint density at radius 3 is 2.78 bits per heavy atom. The second-order valence-electron chi connectivity index (χ2n) is 4.82. The van der Waals surface area contributed by atoms with Gasteiger partial charge >= 0.3 is 0 Å². The Bertz CT molecular complexity index is 338. The summed E-state index contributed by atoms with van der Waals surface area (Å²) in [5.74, 6) is 1.15. The molecular weight excluding hydrogens is 222 g/mol. The normalized spacial score (nSPS) is 12.4. The number of hydrogen-bond donors (Lipinski definition) is 1. The first-order valence-corrected chi connectivity index (χ1v) is 7.09. The zero-order valence-corrected chi connectivity index (χ0v) is 12.2. The predicted octanol–water partition coefficient (Wildman–Crippen LogP) is 3.21. The Labute approximate surface area is 112 Å². The van der Waals surface area contributed by atoms with Crippen molar-refractivity contribution in [3.63, 3.8) is 0 Å². The van der Waals surface area contributed by atoms with E-state index >= 15 is 0 Å². The van der Waals surface area contributed by atoms with Gasteiger partial charge in [-0.25, -0.2) is 4.98 Å². The monoisotopic (exact) mass is 249 g/mol. The fraction of sp³-hybridized carbons (Fsp3) is 0.667.